The molecule has 0 N–H and O–H groups in total. The zero-order valence-electron chi connectivity index (χ0n) is 17.7. The maximum absolute atomic E-state index is 13.3. The molecule has 0 amide bonds. The molecule has 1 aliphatic rings. The van der Waals surface area contributed by atoms with E-state index in [1.54, 1.807) is 38.1 Å². The van der Waals surface area contributed by atoms with Crippen LogP contribution >= 0.6 is 0 Å². The summed E-state index contributed by atoms with van der Waals surface area (Å²) in [5.74, 6) is -1.11. The van der Waals surface area contributed by atoms with E-state index in [4.69, 9.17) is 0 Å². The van der Waals surface area contributed by atoms with Gasteiger partial charge in [0.1, 0.15) is 0 Å². The second kappa shape index (κ2) is 8.15. The molecule has 0 spiro atoms. The SMILES string of the molecule is CC(=O)c1cn(S(=O)(=O)c2c(C)cc(C)cc2C)c2ccccc12.FC(F)(F)C1CC1. The van der Waals surface area contributed by atoms with Gasteiger partial charge in [-0.25, -0.2) is 12.4 Å². The van der Waals surface area contributed by atoms with Crippen molar-refractivity contribution in [2.75, 3.05) is 0 Å². The van der Waals surface area contributed by atoms with Gasteiger partial charge in [0.15, 0.2) is 5.78 Å². The Morgan fingerprint density at radius 1 is 1.03 bits per heavy atom. The number of carbonyl (C=O) groups is 1. The summed E-state index contributed by atoms with van der Waals surface area (Å²) in [7, 11) is -3.79. The topological polar surface area (TPSA) is 56.1 Å². The fraction of sp³-hybridized carbons (Fsp3) is 0.348. The Morgan fingerprint density at radius 3 is 2.03 bits per heavy atom. The third kappa shape index (κ3) is 4.69. The second-order valence-electron chi connectivity index (χ2n) is 7.96. The lowest BCUT2D eigenvalue weighted by Crippen LogP contribution is -2.15. The highest BCUT2D eigenvalue weighted by molar-refractivity contribution is 7.90. The van der Waals surface area contributed by atoms with E-state index in [0.29, 0.717) is 45.3 Å². The Labute approximate surface area is 179 Å². The lowest BCUT2D eigenvalue weighted by Gasteiger charge is -2.14. The van der Waals surface area contributed by atoms with Gasteiger partial charge < -0.3 is 0 Å². The minimum atomic E-state index is -3.89. The molecule has 0 radical (unpaired) electrons. The summed E-state index contributed by atoms with van der Waals surface area (Å²) < 4.78 is 61.5. The van der Waals surface area contributed by atoms with Crippen LogP contribution in [-0.4, -0.2) is 24.3 Å². The van der Waals surface area contributed by atoms with Crippen molar-refractivity contribution in [1.29, 1.82) is 0 Å². The number of carbonyl (C=O) groups excluding carboxylic acids is 1. The minimum absolute atomic E-state index is 0.155. The number of alkyl halides is 3. The van der Waals surface area contributed by atoms with Crippen LogP contribution in [0.25, 0.3) is 10.9 Å². The molecule has 31 heavy (non-hydrogen) atoms. The number of aryl methyl sites for hydroxylation is 3. The monoisotopic (exact) mass is 451 g/mol. The van der Waals surface area contributed by atoms with Crippen LogP contribution in [0.3, 0.4) is 0 Å². The van der Waals surface area contributed by atoms with Crippen LogP contribution in [-0.2, 0) is 10.0 Å². The van der Waals surface area contributed by atoms with Crippen LogP contribution in [0.15, 0.2) is 47.5 Å². The number of benzene rings is 2. The highest BCUT2D eigenvalue weighted by Crippen LogP contribution is 2.43. The summed E-state index contributed by atoms with van der Waals surface area (Å²) in [5.41, 5.74) is 3.36. The second-order valence-corrected chi connectivity index (χ2v) is 9.71. The lowest BCUT2D eigenvalue weighted by atomic mass is 10.1. The molecule has 2 aromatic carbocycles. The Morgan fingerprint density at radius 2 is 1.58 bits per heavy atom. The van der Waals surface area contributed by atoms with E-state index in [0.717, 1.165) is 5.56 Å². The molecule has 3 aromatic rings. The maximum atomic E-state index is 13.3. The van der Waals surface area contributed by atoms with Crippen molar-refractivity contribution >= 4 is 26.7 Å². The highest BCUT2D eigenvalue weighted by atomic mass is 32.2. The van der Waals surface area contributed by atoms with Crippen molar-refractivity contribution < 1.29 is 26.4 Å². The molecule has 0 aliphatic heterocycles. The number of hydrogen-bond donors (Lipinski definition) is 0. The van der Waals surface area contributed by atoms with Crippen LogP contribution < -0.4 is 0 Å². The van der Waals surface area contributed by atoms with Gasteiger partial charge in [-0.15, -0.1) is 0 Å². The fourth-order valence-corrected chi connectivity index (χ4v) is 5.50. The smallest absolute Gasteiger partial charge is 0.294 e. The number of aromatic nitrogens is 1. The highest BCUT2D eigenvalue weighted by Gasteiger charge is 2.46. The molecule has 4 rings (SSSR count). The van der Waals surface area contributed by atoms with Crippen LogP contribution in [0.5, 0.6) is 0 Å². The summed E-state index contributed by atoms with van der Waals surface area (Å²) >= 11 is 0. The van der Waals surface area contributed by atoms with Gasteiger partial charge in [0.05, 0.1) is 16.3 Å². The standard InChI is InChI=1S/C19H19NO3S.C4H5F3/c1-12-9-13(2)19(14(3)10-12)24(22,23)20-11-17(15(4)21)16-7-5-6-8-18(16)20;5-4(6,7)3-1-2-3/h5-11H,1-4H3;3H,1-2H2. The first-order chi connectivity index (χ1) is 14.3. The summed E-state index contributed by atoms with van der Waals surface area (Å²) in [6.45, 7) is 6.98. The number of ketones is 1. The summed E-state index contributed by atoms with van der Waals surface area (Å²) in [5, 5.41) is 0.649. The van der Waals surface area contributed by atoms with E-state index in [1.165, 1.54) is 17.1 Å². The normalized spacial score (nSPS) is 14.3. The van der Waals surface area contributed by atoms with Gasteiger partial charge >= 0.3 is 6.18 Å². The Hall–Kier alpha value is -2.61. The third-order valence-corrected chi connectivity index (χ3v) is 7.20. The molecule has 1 aromatic heterocycles. The molecule has 0 atom stereocenters. The molecular formula is C23H24F3NO3S. The molecule has 1 heterocycles. The van der Waals surface area contributed by atoms with E-state index in [1.807, 2.05) is 19.1 Å². The summed E-state index contributed by atoms with van der Waals surface area (Å²) in [6, 6.07) is 10.8. The molecule has 1 aliphatic carbocycles. The van der Waals surface area contributed by atoms with Crippen LogP contribution in [0.2, 0.25) is 0 Å². The van der Waals surface area contributed by atoms with Crippen molar-refractivity contribution in [2.24, 2.45) is 5.92 Å². The van der Waals surface area contributed by atoms with Crippen molar-refractivity contribution in [3.63, 3.8) is 0 Å². The first kappa shape index (κ1) is 23.1. The van der Waals surface area contributed by atoms with Gasteiger partial charge in [-0.2, -0.15) is 13.2 Å². The van der Waals surface area contributed by atoms with Crippen molar-refractivity contribution in [3.05, 3.63) is 64.8 Å². The van der Waals surface area contributed by atoms with Gasteiger partial charge in [0.2, 0.25) is 0 Å². The zero-order chi connectivity index (χ0) is 23.1. The molecular weight excluding hydrogens is 427 g/mol. The van der Waals surface area contributed by atoms with E-state index >= 15 is 0 Å². The number of hydrogen-bond acceptors (Lipinski definition) is 3. The maximum Gasteiger partial charge on any atom is 0.391 e. The lowest BCUT2D eigenvalue weighted by molar-refractivity contribution is -0.147. The summed E-state index contributed by atoms with van der Waals surface area (Å²) in [6.07, 6.45) is -1.76. The van der Waals surface area contributed by atoms with Crippen LogP contribution in [0.1, 0.15) is 46.8 Å². The quantitative estimate of drug-likeness (QED) is 0.462. The number of rotatable bonds is 3. The van der Waals surface area contributed by atoms with Gasteiger partial charge in [-0.1, -0.05) is 35.9 Å². The molecule has 4 nitrogen and oxygen atoms in total. The van der Waals surface area contributed by atoms with Crippen LogP contribution in [0, 0.1) is 26.7 Å². The molecule has 1 saturated carbocycles. The average Bonchev–Trinajstić information content (AvgIpc) is 3.41. The molecule has 1 fully saturated rings. The van der Waals surface area contributed by atoms with Gasteiger partial charge in [-0.05, 0) is 57.7 Å². The molecule has 166 valence electrons. The predicted molar refractivity (Wildman–Crippen MR) is 114 cm³/mol. The Kier molecular flexibility index (Phi) is 6.06. The first-order valence-corrected chi connectivity index (χ1v) is 11.3. The third-order valence-electron chi connectivity index (χ3n) is 5.22. The molecule has 0 saturated heterocycles. The first-order valence-electron chi connectivity index (χ1n) is 9.85. The van der Waals surface area contributed by atoms with E-state index in [-0.39, 0.29) is 5.78 Å². The average molecular weight is 452 g/mol. The number of para-hydroxylation sites is 1. The minimum Gasteiger partial charge on any atom is -0.294 e. The van der Waals surface area contributed by atoms with E-state index < -0.39 is 22.1 Å². The van der Waals surface area contributed by atoms with Gasteiger partial charge in [0, 0.05) is 17.1 Å². The Balaban J connectivity index is 0.000000330. The summed E-state index contributed by atoms with van der Waals surface area (Å²) in [4.78, 5) is 12.2. The van der Waals surface area contributed by atoms with Crippen molar-refractivity contribution in [3.8, 4) is 0 Å². The fourth-order valence-electron chi connectivity index (χ4n) is 3.71. The van der Waals surface area contributed by atoms with Crippen LogP contribution in [0.4, 0.5) is 13.2 Å². The zero-order valence-corrected chi connectivity index (χ0v) is 18.6. The number of fused-ring (bicyclic) bond motifs is 1. The van der Waals surface area contributed by atoms with Gasteiger partial charge in [0.25, 0.3) is 10.0 Å². The van der Waals surface area contributed by atoms with Gasteiger partial charge in [-0.3, -0.25) is 4.79 Å². The largest absolute Gasteiger partial charge is 0.391 e. The molecule has 0 unspecified atom stereocenters. The van der Waals surface area contributed by atoms with E-state index in [9.17, 15) is 26.4 Å². The van der Waals surface area contributed by atoms with Crippen molar-refractivity contribution in [1.82, 2.24) is 3.97 Å². The van der Waals surface area contributed by atoms with E-state index in [2.05, 4.69) is 0 Å². The molecule has 0 bridgehead atoms. The number of Topliss-reactive ketones (excluding diaryl/α,β-unsaturated/α-hetero) is 1. The Bertz CT molecular complexity index is 1230. The molecule has 8 heteroatoms. The predicted octanol–water partition coefficient (Wildman–Crippen LogP) is 5.96. The number of halogens is 3. The van der Waals surface area contributed by atoms with Crippen molar-refractivity contribution in [2.45, 2.75) is 51.6 Å². The number of nitrogens with zero attached hydrogens (tertiary/aromatic N) is 1.